The average Bonchev–Trinajstić information content (AvgIpc) is 2.32. The molecule has 6 nitrogen and oxygen atoms in total. The van der Waals surface area contributed by atoms with E-state index in [2.05, 4.69) is 5.32 Å². The average molecular weight is 307 g/mol. The summed E-state index contributed by atoms with van der Waals surface area (Å²) in [6, 6.07) is -0.0949. The van der Waals surface area contributed by atoms with Gasteiger partial charge in [0.05, 0.1) is 0 Å². The number of rotatable bonds is 8. The van der Waals surface area contributed by atoms with E-state index in [4.69, 9.17) is 5.11 Å². The minimum Gasteiger partial charge on any atom is -0.480 e. The zero-order chi connectivity index (χ0) is 16.1. The van der Waals surface area contributed by atoms with Gasteiger partial charge in [-0.3, -0.25) is 9.59 Å². The molecule has 0 rings (SSSR count). The third kappa shape index (κ3) is 4.47. The van der Waals surface area contributed by atoms with E-state index in [-0.39, 0.29) is 6.04 Å². The number of carbonyl (C=O) groups is 2. The molecule has 7 heteroatoms. The van der Waals surface area contributed by atoms with Crippen LogP contribution in [0.25, 0.3) is 0 Å². The van der Waals surface area contributed by atoms with Gasteiger partial charge in [-0.25, -0.2) is 8.42 Å². The Hall–Kier alpha value is -1.11. The maximum atomic E-state index is 12.3. The van der Waals surface area contributed by atoms with E-state index in [1.807, 2.05) is 13.8 Å². The number of carboxylic acid groups (broad SMARTS) is 1. The minimum atomic E-state index is -4.07. The van der Waals surface area contributed by atoms with Crippen molar-refractivity contribution in [2.75, 3.05) is 0 Å². The van der Waals surface area contributed by atoms with Crippen LogP contribution in [-0.4, -0.2) is 41.9 Å². The summed E-state index contributed by atoms with van der Waals surface area (Å²) >= 11 is 0. The fraction of sp³-hybridized carbons (Fsp3) is 0.846. The number of hydrogen-bond donors (Lipinski definition) is 2. The van der Waals surface area contributed by atoms with Gasteiger partial charge in [0.15, 0.2) is 15.1 Å². The zero-order valence-electron chi connectivity index (χ0n) is 12.7. The number of sulfone groups is 1. The molecule has 0 aliphatic carbocycles. The second-order valence-electron chi connectivity index (χ2n) is 5.26. The maximum absolute atomic E-state index is 12.3. The highest BCUT2D eigenvalue weighted by molar-refractivity contribution is 7.94. The summed E-state index contributed by atoms with van der Waals surface area (Å²) in [5.41, 5.74) is 0. The van der Waals surface area contributed by atoms with Gasteiger partial charge in [0, 0.05) is 6.04 Å². The third-order valence-corrected chi connectivity index (χ3v) is 6.05. The van der Waals surface area contributed by atoms with Crippen LogP contribution in [0.4, 0.5) is 0 Å². The molecule has 0 saturated heterocycles. The standard InChI is InChI=1S/C13H25NO5S/c1-6-10(7-2)14-12(15)9(5)20(18,19)11(8(3)4)13(16)17/h8-11H,6-7H2,1-5H3,(H,14,15)(H,16,17). The van der Waals surface area contributed by atoms with E-state index < -0.39 is 38.1 Å². The first kappa shape index (κ1) is 18.9. The van der Waals surface area contributed by atoms with Crippen molar-refractivity contribution in [3.05, 3.63) is 0 Å². The second-order valence-corrected chi connectivity index (χ2v) is 7.65. The molecule has 0 aliphatic rings. The quantitative estimate of drug-likeness (QED) is 0.702. The molecule has 0 aliphatic heterocycles. The van der Waals surface area contributed by atoms with Crippen molar-refractivity contribution in [3.63, 3.8) is 0 Å². The van der Waals surface area contributed by atoms with Crippen LogP contribution >= 0.6 is 0 Å². The van der Waals surface area contributed by atoms with Crippen LogP contribution in [-0.2, 0) is 19.4 Å². The fourth-order valence-corrected chi connectivity index (χ4v) is 3.83. The lowest BCUT2D eigenvalue weighted by Gasteiger charge is -2.23. The SMILES string of the molecule is CCC(CC)NC(=O)C(C)S(=O)(=O)C(C(=O)O)C(C)C. The van der Waals surface area contributed by atoms with Gasteiger partial charge in [-0.05, 0) is 25.7 Å². The Morgan fingerprint density at radius 1 is 1.10 bits per heavy atom. The summed E-state index contributed by atoms with van der Waals surface area (Å²) < 4.78 is 24.5. The van der Waals surface area contributed by atoms with Gasteiger partial charge in [0.2, 0.25) is 5.91 Å². The molecule has 0 spiro atoms. The molecular weight excluding hydrogens is 282 g/mol. The van der Waals surface area contributed by atoms with Gasteiger partial charge in [-0.1, -0.05) is 27.7 Å². The van der Waals surface area contributed by atoms with Crippen molar-refractivity contribution in [1.82, 2.24) is 5.32 Å². The van der Waals surface area contributed by atoms with Crippen LogP contribution in [0.2, 0.25) is 0 Å². The number of aliphatic carboxylic acids is 1. The summed E-state index contributed by atoms with van der Waals surface area (Å²) in [6.07, 6.45) is 1.39. The Morgan fingerprint density at radius 2 is 1.55 bits per heavy atom. The van der Waals surface area contributed by atoms with Gasteiger partial charge in [-0.2, -0.15) is 0 Å². The van der Waals surface area contributed by atoms with Crippen molar-refractivity contribution in [3.8, 4) is 0 Å². The molecule has 0 aromatic rings. The van der Waals surface area contributed by atoms with E-state index in [9.17, 15) is 18.0 Å². The lowest BCUT2D eigenvalue weighted by atomic mass is 10.1. The molecule has 0 heterocycles. The molecule has 0 saturated carbocycles. The summed E-state index contributed by atoms with van der Waals surface area (Å²) in [5, 5.41) is 8.78. The zero-order valence-corrected chi connectivity index (χ0v) is 13.5. The summed E-state index contributed by atoms with van der Waals surface area (Å²) in [7, 11) is -4.07. The Kier molecular flexibility index (Phi) is 7.19. The molecule has 2 atom stereocenters. The number of carboxylic acids is 1. The first-order chi connectivity index (χ1) is 9.09. The van der Waals surface area contributed by atoms with Crippen LogP contribution in [0.15, 0.2) is 0 Å². The molecule has 118 valence electrons. The molecule has 0 aromatic carbocycles. The highest BCUT2D eigenvalue weighted by atomic mass is 32.2. The fourth-order valence-electron chi connectivity index (χ4n) is 1.99. The predicted octanol–water partition coefficient (Wildman–Crippen LogP) is 1.20. The third-order valence-electron chi connectivity index (χ3n) is 3.40. The highest BCUT2D eigenvalue weighted by Crippen LogP contribution is 2.18. The summed E-state index contributed by atoms with van der Waals surface area (Å²) in [5.74, 6) is -2.64. The molecular formula is C13H25NO5S. The second kappa shape index (κ2) is 7.61. The molecule has 0 fully saturated rings. The first-order valence-corrected chi connectivity index (χ1v) is 8.46. The largest absolute Gasteiger partial charge is 0.480 e. The predicted molar refractivity (Wildman–Crippen MR) is 77.2 cm³/mol. The molecule has 0 aromatic heterocycles. The Morgan fingerprint density at radius 3 is 1.85 bits per heavy atom. The Labute approximate surface area is 120 Å². The summed E-state index contributed by atoms with van der Waals surface area (Å²) in [4.78, 5) is 23.1. The number of amides is 1. The normalized spacial score (nSPS) is 15.2. The highest BCUT2D eigenvalue weighted by Gasteiger charge is 2.42. The monoisotopic (exact) mass is 307 g/mol. The van der Waals surface area contributed by atoms with Crippen LogP contribution in [0.3, 0.4) is 0 Å². The first-order valence-electron chi connectivity index (χ1n) is 6.85. The van der Waals surface area contributed by atoms with Gasteiger partial charge < -0.3 is 10.4 Å². The molecule has 1 amide bonds. The van der Waals surface area contributed by atoms with Crippen molar-refractivity contribution in [2.24, 2.45) is 5.92 Å². The summed E-state index contributed by atoms with van der Waals surface area (Å²) in [6.45, 7) is 8.05. The topological polar surface area (TPSA) is 101 Å². The molecule has 2 N–H and O–H groups in total. The van der Waals surface area contributed by atoms with E-state index in [0.29, 0.717) is 12.8 Å². The molecule has 0 bridgehead atoms. The van der Waals surface area contributed by atoms with E-state index in [0.717, 1.165) is 0 Å². The van der Waals surface area contributed by atoms with Gasteiger partial charge >= 0.3 is 5.97 Å². The Balaban J connectivity index is 5.20. The maximum Gasteiger partial charge on any atom is 0.322 e. The smallest absolute Gasteiger partial charge is 0.322 e. The van der Waals surface area contributed by atoms with Crippen LogP contribution in [0, 0.1) is 5.92 Å². The van der Waals surface area contributed by atoms with Crippen molar-refractivity contribution in [1.29, 1.82) is 0 Å². The van der Waals surface area contributed by atoms with Crippen molar-refractivity contribution in [2.45, 2.75) is 64.0 Å². The lowest BCUT2D eigenvalue weighted by molar-refractivity contribution is -0.137. The van der Waals surface area contributed by atoms with E-state index >= 15 is 0 Å². The minimum absolute atomic E-state index is 0.0949. The van der Waals surface area contributed by atoms with Gasteiger partial charge in [-0.15, -0.1) is 0 Å². The number of carbonyl (C=O) groups excluding carboxylic acids is 1. The van der Waals surface area contributed by atoms with Crippen molar-refractivity contribution < 1.29 is 23.1 Å². The number of hydrogen-bond acceptors (Lipinski definition) is 4. The van der Waals surface area contributed by atoms with Crippen LogP contribution in [0.1, 0.15) is 47.5 Å². The van der Waals surface area contributed by atoms with Gasteiger partial charge in [0.25, 0.3) is 0 Å². The molecule has 20 heavy (non-hydrogen) atoms. The van der Waals surface area contributed by atoms with E-state index in [1.54, 1.807) is 0 Å². The van der Waals surface area contributed by atoms with Crippen molar-refractivity contribution >= 4 is 21.7 Å². The molecule has 2 unspecified atom stereocenters. The van der Waals surface area contributed by atoms with E-state index in [1.165, 1.54) is 20.8 Å². The van der Waals surface area contributed by atoms with Gasteiger partial charge in [0.1, 0.15) is 5.25 Å². The van der Waals surface area contributed by atoms with Crippen LogP contribution < -0.4 is 5.32 Å². The van der Waals surface area contributed by atoms with Crippen LogP contribution in [0.5, 0.6) is 0 Å². The number of nitrogens with one attached hydrogen (secondary N) is 1. The molecule has 0 radical (unpaired) electrons. The Bertz CT molecular complexity index is 440. The lowest BCUT2D eigenvalue weighted by Crippen LogP contribution is -2.48.